The highest BCUT2D eigenvalue weighted by Gasteiger charge is 2.35. The Hall–Kier alpha value is -2.53. The van der Waals surface area contributed by atoms with Crippen LogP contribution in [-0.4, -0.2) is 67.2 Å². The number of carbonyl (C=O) groups excluding carboxylic acids is 1. The summed E-state index contributed by atoms with van der Waals surface area (Å²) in [6.07, 6.45) is 6.62. The van der Waals surface area contributed by atoms with Crippen molar-refractivity contribution >= 4 is 38.9 Å². The molecule has 3 heterocycles. The molecule has 2 aliphatic heterocycles. The predicted molar refractivity (Wildman–Crippen MR) is 120 cm³/mol. The molecule has 2 aromatic rings. The van der Waals surface area contributed by atoms with E-state index in [1.54, 1.807) is 6.20 Å². The second kappa shape index (κ2) is 9.38. The first kappa shape index (κ1) is 23.6. The number of piperidine rings is 2. The Morgan fingerprint density at radius 3 is 2.42 bits per heavy atom. The van der Waals surface area contributed by atoms with Crippen LogP contribution < -0.4 is 10.2 Å². The van der Waals surface area contributed by atoms with Crippen LogP contribution in [0.1, 0.15) is 25.7 Å². The number of amides is 1. The number of aromatic nitrogens is 2. The van der Waals surface area contributed by atoms with Crippen LogP contribution in [0, 0.1) is 11.6 Å². The van der Waals surface area contributed by atoms with Crippen LogP contribution in [0.25, 0.3) is 0 Å². The Bertz CT molecular complexity index is 1140. The lowest BCUT2D eigenvalue weighted by Crippen LogP contribution is -2.54. The number of hydrogen-bond acceptors (Lipinski definition) is 7. The highest BCUT2D eigenvalue weighted by molar-refractivity contribution is 7.90. The monoisotopic (exact) mass is 499 g/mol. The van der Waals surface area contributed by atoms with Gasteiger partial charge in [-0.15, -0.1) is 0 Å². The lowest BCUT2D eigenvalue weighted by Gasteiger charge is -2.42. The SMILES string of the molecule is CS(=O)(=O)c1cc(F)c(NC2CCCN(C3CCN(c4cnc(Cl)cn4)CC3)C2=O)cc1F. The van der Waals surface area contributed by atoms with Crippen molar-refractivity contribution in [2.45, 2.75) is 42.7 Å². The van der Waals surface area contributed by atoms with E-state index in [-0.39, 0.29) is 17.6 Å². The number of carbonyl (C=O) groups is 1. The Kier molecular flexibility index (Phi) is 6.71. The molecule has 1 aromatic heterocycles. The van der Waals surface area contributed by atoms with Crippen molar-refractivity contribution in [3.63, 3.8) is 0 Å². The van der Waals surface area contributed by atoms with Gasteiger partial charge in [-0.2, -0.15) is 0 Å². The topological polar surface area (TPSA) is 95.5 Å². The summed E-state index contributed by atoms with van der Waals surface area (Å²) in [6, 6.07) is 0.765. The van der Waals surface area contributed by atoms with Gasteiger partial charge in [-0.05, 0) is 31.7 Å². The van der Waals surface area contributed by atoms with Crippen LogP contribution in [0.4, 0.5) is 20.3 Å². The molecule has 0 radical (unpaired) electrons. The number of anilines is 2. The largest absolute Gasteiger partial charge is 0.371 e. The van der Waals surface area contributed by atoms with Crippen molar-refractivity contribution in [3.05, 3.63) is 41.3 Å². The number of sulfone groups is 1. The van der Waals surface area contributed by atoms with Crippen LogP contribution in [0.3, 0.4) is 0 Å². The van der Waals surface area contributed by atoms with Crippen LogP contribution in [0.15, 0.2) is 29.4 Å². The average molecular weight is 500 g/mol. The van der Waals surface area contributed by atoms with Crippen LogP contribution in [0.2, 0.25) is 5.15 Å². The molecule has 2 fully saturated rings. The van der Waals surface area contributed by atoms with Crippen molar-refractivity contribution in [3.8, 4) is 0 Å². The number of hydrogen-bond donors (Lipinski definition) is 1. The predicted octanol–water partition coefficient (Wildman–Crippen LogP) is 2.88. The molecule has 0 saturated carbocycles. The smallest absolute Gasteiger partial charge is 0.245 e. The third kappa shape index (κ3) is 5.19. The van der Waals surface area contributed by atoms with E-state index >= 15 is 0 Å². The molecule has 1 aromatic carbocycles. The van der Waals surface area contributed by atoms with Crippen molar-refractivity contribution in [2.75, 3.05) is 36.1 Å². The minimum Gasteiger partial charge on any atom is -0.371 e. The summed E-state index contributed by atoms with van der Waals surface area (Å²) in [5.41, 5.74) is -0.226. The Morgan fingerprint density at radius 1 is 1.06 bits per heavy atom. The Labute approximate surface area is 195 Å². The molecule has 1 amide bonds. The van der Waals surface area contributed by atoms with Crippen LogP contribution >= 0.6 is 11.6 Å². The molecule has 0 bridgehead atoms. The molecule has 0 spiro atoms. The number of likely N-dealkylation sites (tertiary alicyclic amines) is 1. The standard InChI is InChI=1S/C21H24ClF2N5O3S/c1-33(31,32)18-10-14(23)17(9-15(18)24)27-16-3-2-6-29(21(16)30)13-4-7-28(8-5-13)20-12-25-19(22)11-26-20/h9-13,16,27H,2-8H2,1H3. The highest BCUT2D eigenvalue weighted by Crippen LogP contribution is 2.28. The van der Waals surface area contributed by atoms with Gasteiger partial charge >= 0.3 is 0 Å². The molecular formula is C21H24ClF2N5O3S. The molecular weight excluding hydrogens is 476 g/mol. The van der Waals surface area contributed by atoms with Gasteiger partial charge in [0.2, 0.25) is 5.91 Å². The van der Waals surface area contributed by atoms with E-state index in [4.69, 9.17) is 11.6 Å². The van der Waals surface area contributed by atoms with Crippen molar-refractivity contribution in [1.82, 2.24) is 14.9 Å². The first-order valence-electron chi connectivity index (χ1n) is 10.6. The number of nitrogens with zero attached hydrogens (tertiary/aromatic N) is 4. The van der Waals surface area contributed by atoms with Gasteiger partial charge in [0.25, 0.3) is 0 Å². The van der Waals surface area contributed by atoms with E-state index in [2.05, 4.69) is 20.2 Å². The van der Waals surface area contributed by atoms with Gasteiger partial charge in [0, 0.05) is 38.0 Å². The fourth-order valence-electron chi connectivity index (χ4n) is 4.38. The van der Waals surface area contributed by atoms with Gasteiger partial charge in [0.15, 0.2) is 9.84 Å². The fraction of sp³-hybridized carbons (Fsp3) is 0.476. The zero-order valence-corrected chi connectivity index (χ0v) is 19.5. The van der Waals surface area contributed by atoms with Crippen molar-refractivity contribution < 1.29 is 22.0 Å². The molecule has 2 saturated heterocycles. The second-order valence-electron chi connectivity index (χ2n) is 8.32. The van der Waals surface area contributed by atoms with Gasteiger partial charge in [-0.25, -0.2) is 27.2 Å². The van der Waals surface area contributed by atoms with E-state index in [1.807, 2.05) is 4.90 Å². The summed E-state index contributed by atoms with van der Waals surface area (Å²) in [7, 11) is -3.90. The second-order valence-corrected chi connectivity index (χ2v) is 10.7. The van der Waals surface area contributed by atoms with Crippen molar-refractivity contribution in [1.29, 1.82) is 0 Å². The minimum absolute atomic E-state index is 0.0350. The number of benzene rings is 1. The molecule has 33 heavy (non-hydrogen) atoms. The third-order valence-electron chi connectivity index (χ3n) is 6.06. The maximum absolute atomic E-state index is 14.5. The minimum atomic E-state index is -3.90. The highest BCUT2D eigenvalue weighted by atomic mass is 35.5. The maximum atomic E-state index is 14.5. The first-order valence-corrected chi connectivity index (χ1v) is 12.9. The molecule has 1 atom stereocenters. The van der Waals surface area contributed by atoms with Gasteiger partial charge in [0.05, 0.1) is 18.1 Å². The summed E-state index contributed by atoms with van der Waals surface area (Å²) >= 11 is 5.80. The molecule has 0 aliphatic carbocycles. The lowest BCUT2D eigenvalue weighted by atomic mass is 9.97. The zero-order chi connectivity index (χ0) is 23.8. The summed E-state index contributed by atoms with van der Waals surface area (Å²) in [6.45, 7) is 2.01. The van der Waals surface area contributed by atoms with Gasteiger partial charge in [0.1, 0.15) is 33.5 Å². The summed E-state index contributed by atoms with van der Waals surface area (Å²) < 4.78 is 51.9. The average Bonchev–Trinajstić information content (AvgIpc) is 2.77. The Balaban J connectivity index is 1.42. The molecule has 1 unspecified atom stereocenters. The molecule has 12 heteroatoms. The van der Waals surface area contributed by atoms with E-state index in [9.17, 15) is 22.0 Å². The van der Waals surface area contributed by atoms with E-state index in [0.717, 1.165) is 37.4 Å². The maximum Gasteiger partial charge on any atom is 0.245 e. The first-order chi connectivity index (χ1) is 15.6. The normalized spacial score (nSPS) is 20.2. The Morgan fingerprint density at radius 2 is 1.79 bits per heavy atom. The summed E-state index contributed by atoms with van der Waals surface area (Å²) in [5, 5.41) is 3.11. The quantitative estimate of drug-likeness (QED) is 0.675. The molecule has 1 N–H and O–H groups in total. The lowest BCUT2D eigenvalue weighted by molar-refractivity contribution is -0.137. The number of halogens is 3. The number of rotatable bonds is 5. The molecule has 8 nitrogen and oxygen atoms in total. The van der Waals surface area contributed by atoms with Crippen LogP contribution in [-0.2, 0) is 14.6 Å². The van der Waals surface area contributed by atoms with Crippen LogP contribution in [0.5, 0.6) is 0 Å². The molecule has 2 aliphatic rings. The van der Waals surface area contributed by atoms with Crippen molar-refractivity contribution in [2.24, 2.45) is 0 Å². The summed E-state index contributed by atoms with van der Waals surface area (Å²) in [4.78, 5) is 24.7. The van der Waals surface area contributed by atoms with Gasteiger partial charge in [-0.3, -0.25) is 4.79 Å². The summed E-state index contributed by atoms with van der Waals surface area (Å²) in [5.74, 6) is -1.41. The van der Waals surface area contributed by atoms with Gasteiger partial charge < -0.3 is 15.1 Å². The zero-order valence-electron chi connectivity index (χ0n) is 18.0. The van der Waals surface area contributed by atoms with E-state index < -0.39 is 32.4 Å². The van der Waals surface area contributed by atoms with E-state index in [1.165, 1.54) is 6.20 Å². The fourth-order valence-corrected chi connectivity index (χ4v) is 5.21. The molecule has 4 rings (SSSR count). The molecule has 178 valence electrons. The van der Waals surface area contributed by atoms with E-state index in [0.29, 0.717) is 37.3 Å². The number of nitrogens with one attached hydrogen (secondary N) is 1. The van der Waals surface area contributed by atoms with Gasteiger partial charge in [-0.1, -0.05) is 11.6 Å². The third-order valence-corrected chi connectivity index (χ3v) is 7.37.